The van der Waals surface area contributed by atoms with Crippen LogP contribution < -0.4 is 5.73 Å². The number of thioether (sulfide) groups is 1. The largest absolute Gasteiger partial charge is 0.327 e. The Balaban J connectivity index is 2.69. The number of nitrogens with two attached hydrogens (primary N) is 1. The number of halogens is 1. The molecule has 0 heterocycles. The molecule has 0 fully saturated rings. The first-order chi connectivity index (χ1) is 7.65. The number of hydrogen-bond acceptors (Lipinski definition) is 2. The summed E-state index contributed by atoms with van der Waals surface area (Å²) in [5, 5.41) is 0.407. The van der Waals surface area contributed by atoms with E-state index in [-0.39, 0.29) is 6.04 Å². The molecule has 0 bridgehead atoms. The van der Waals surface area contributed by atoms with Gasteiger partial charge in [0.15, 0.2) is 0 Å². The average molecular weight is 302 g/mol. The predicted octanol–water partition coefficient (Wildman–Crippen LogP) is 4.37. The zero-order chi connectivity index (χ0) is 12.0. The van der Waals surface area contributed by atoms with Crippen LogP contribution in [0.3, 0.4) is 0 Å². The lowest BCUT2D eigenvalue weighted by Gasteiger charge is -2.21. The Morgan fingerprint density at radius 1 is 1.44 bits per heavy atom. The third kappa shape index (κ3) is 4.48. The Kier molecular flexibility index (Phi) is 6.47. The van der Waals surface area contributed by atoms with E-state index in [0.29, 0.717) is 5.25 Å². The molecule has 0 saturated carbocycles. The third-order valence-corrected chi connectivity index (χ3v) is 4.53. The Morgan fingerprint density at radius 3 is 2.75 bits per heavy atom. The molecule has 0 aromatic heterocycles. The van der Waals surface area contributed by atoms with Crippen molar-refractivity contribution in [3.05, 3.63) is 34.3 Å². The van der Waals surface area contributed by atoms with Crippen molar-refractivity contribution in [1.29, 1.82) is 0 Å². The third-order valence-electron chi connectivity index (χ3n) is 2.45. The van der Waals surface area contributed by atoms with Crippen LogP contribution in [0.5, 0.6) is 0 Å². The minimum Gasteiger partial charge on any atom is -0.327 e. The van der Waals surface area contributed by atoms with E-state index < -0.39 is 0 Å². The van der Waals surface area contributed by atoms with E-state index in [4.69, 9.17) is 5.73 Å². The molecular formula is C13H20BrNS. The van der Waals surface area contributed by atoms with E-state index in [1.54, 1.807) is 0 Å². The van der Waals surface area contributed by atoms with Gasteiger partial charge in [0.05, 0.1) is 0 Å². The van der Waals surface area contributed by atoms with Gasteiger partial charge < -0.3 is 5.73 Å². The van der Waals surface area contributed by atoms with Crippen molar-refractivity contribution < 1.29 is 0 Å². The Hall–Kier alpha value is 0.01000. The molecule has 0 radical (unpaired) electrons. The molecule has 90 valence electrons. The van der Waals surface area contributed by atoms with Gasteiger partial charge in [-0.25, -0.2) is 0 Å². The number of hydrogen-bond donors (Lipinski definition) is 1. The average Bonchev–Trinajstić information content (AvgIpc) is 2.24. The second-order valence-electron chi connectivity index (χ2n) is 4.06. The molecule has 2 atom stereocenters. The summed E-state index contributed by atoms with van der Waals surface area (Å²) < 4.78 is 1.13. The van der Waals surface area contributed by atoms with Crippen molar-refractivity contribution in [3.8, 4) is 0 Å². The molecule has 2 unspecified atom stereocenters. The van der Waals surface area contributed by atoms with Crippen LogP contribution in [-0.4, -0.2) is 11.8 Å². The molecule has 2 N–H and O–H groups in total. The van der Waals surface area contributed by atoms with Crippen molar-refractivity contribution in [3.63, 3.8) is 0 Å². The summed E-state index contributed by atoms with van der Waals surface area (Å²) in [6.45, 7) is 4.31. The van der Waals surface area contributed by atoms with Gasteiger partial charge >= 0.3 is 0 Å². The van der Waals surface area contributed by atoms with E-state index in [0.717, 1.165) is 4.47 Å². The topological polar surface area (TPSA) is 26.0 Å². The van der Waals surface area contributed by atoms with Gasteiger partial charge in [-0.2, -0.15) is 11.8 Å². The van der Waals surface area contributed by atoms with Crippen LogP contribution in [0.15, 0.2) is 28.7 Å². The first-order valence-corrected chi connectivity index (χ1v) is 7.62. The molecule has 1 aromatic rings. The maximum Gasteiger partial charge on any atom is 0.0446 e. The Bertz CT molecular complexity index is 315. The molecule has 1 aromatic carbocycles. The lowest BCUT2D eigenvalue weighted by molar-refractivity contribution is 0.719. The molecular weight excluding hydrogens is 282 g/mol. The monoisotopic (exact) mass is 301 g/mol. The lowest BCUT2D eigenvalue weighted by Crippen LogP contribution is -2.22. The van der Waals surface area contributed by atoms with Gasteiger partial charge in [-0.1, -0.05) is 41.4 Å². The van der Waals surface area contributed by atoms with Crippen molar-refractivity contribution in [2.75, 3.05) is 5.75 Å². The second kappa shape index (κ2) is 7.36. The number of benzene rings is 1. The fraction of sp³-hybridized carbons (Fsp3) is 0.538. The van der Waals surface area contributed by atoms with Crippen LogP contribution in [0.25, 0.3) is 0 Å². The van der Waals surface area contributed by atoms with E-state index in [1.807, 2.05) is 11.8 Å². The highest BCUT2D eigenvalue weighted by Gasteiger charge is 2.16. The smallest absolute Gasteiger partial charge is 0.0446 e. The zero-order valence-corrected chi connectivity index (χ0v) is 12.4. The van der Waals surface area contributed by atoms with Gasteiger partial charge in [-0.3, -0.25) is 0 Å². The second-order valence-corrected chi connectivity index (χ2v) is 6.22. The van der Waals surface area contributed by atoms with Crippen LogP contribution in [0, 0.1) is 0 Å². The quantitative estimate of drug-likeness (QED) is 0.790. The SMILES string of the molecule is CCCCSC(c1cccc(Br)c1)C(C)N. The van der Waals surface area contributed by atoms with Gasteiger partial charge in [0.2, 0.25) is 0 Å². The summed E-state index contributed by atoms with van der Waals surface area (Å²) in [5.74, 6) is 1.19. The van der Waals surface area contributed by atoms with Crippen molar-refractivity contribution in [2.45, 2.75) is 38.0 Å². The molecule has 0 amide bonds. The normalized spacial score (nSPS) is 14.8. The Labute approximate surface area is 111 Å². The van der Waals surface area contributed by atoms with E-state index in [1.165, 1.54) is 24.2 Å². The van der Waals surface area contributed by atoms with Gasteiger partial charge in [-0.15, -0.1) is 0 Å². The van der Waals surface area contributed by atoms with Crippen LogP contribution in [0.2, 0.25) is 0 Å². The van der Waals surface area contributed by atoms with Crippen LogP contribution in [0.4, 0.5) is 0 Å². The first-order valence-electron chi connectivity index (χ1n) is 5.77. The summed E-state index contributed by atoms with van der Waals surface area (Å²) in [7, 11) is 0. The highest BCUT2D eigenvalue weighted by Crippen LogP contribution is 2.33. The lowest BCUT2D eigenvalue weighted by atomic mass is 10.1. The van der Waals surface area contributed by atoms with Gasteiger partial charge in [0.25, 0.3) is 0 Å². The molecule has 16 heavy (non-hydrogen) atoms. The highest BCUT2D eigenvalue weighted by atomic mass is 79.9. The van der Waals surface area contributed by atoms with Gasteiger partial charge in [0.1, 0.15) is 0 Å². The molecule has 0 spiro atoms. The van der Waals surface area contributed by atoms with Crippen molar-refractivity contribution >= 4 is 27.7 Å². The van der Waals surface area contributed by atoms with E-state index >= 15 is 0 Å². The van der Waals surface area contributed by atoms with Gasteiger partial charge in [0, 0.05) is 15.8 Å². The minimum atomic E-state index is 0.191. The van der Waals surface area contributed by atoms with Crippen LogP contribution >= 0.6 is 27.7 Å². The molecule has 0 aliphatic carbocycles. The molecule has 3 heteroatoms. The van der Waals surface area contributed by atoms with Gasteiger partial charge in [-0.05, 0) is 36.8 Å². The zero-order valence-electron chi connectivity index (χ0n) is 9.95. The van der Waals surface area contributed by atoms with Crippen LogP contribution in [0.1, 0.15) is 37.5 Å². The Morgan fingerprint density at radius 2 is 2.19 bits per heavy atom. The standard InChI is InChI=1S/C13H20BrNS/c1-3-4-8-16-13(10(2)15)11-6-5-7-12(14)9-11/h5-7,9-10,13H,3-4,8,15H2,1-2H3. The minimum absolute atomic E-state index is 0.191. The van der Waals surface area contributed by atoms with Crippen molar-refractivity contribution in [1.82, 2.24) is 0 Å². The number of rotatable bonds is 6. The van der Waals surface area contributed by atoms with E-state index in [2.05, 4.69) is 54.0 Å². The summed E-state index contributed by atoms with van der Waals surface area (Å²) in [6, 6.07) is 8.66. The molecule has 0 saturated heterocycles. The molecule has 0 aliphatic rings. The maximum absolute atomic E-state index is 6.06. The maximum atomic E-state index is 6.06. The predicted molar refractivity (Wildman–Crippen MR) is 77.9 cm³/mol. The van der Waals surface area contributed by atoms with Crippen molar-refractivity contribution in [2.24, 2.45) is 5.73 Å². The fourth-order valence-corrected chi connectivity index (χ4v) is 3.36. The first kappa shape index (κ1) is 14.1. The fourth-order valence-electron chi connectivity index (χ4n) is 1.59. The summed E-state index contributed by atoms with van der Waals surface area (Å²) in [4.78, 5) is 0. The van der Waals surface area contributed by atoms with E-state index in [9.17, 15) is 0 Å². The summed E-state index contributed by atoms with van der Waals surface area (Å²) in [5.41, 5.74) is 7.39. The highest BCUT2D eigenvalue weighted by molar-refractivity contribution is 9.10. The van der Waals surface area contributed by atoms with Crippen LogP contribution in [-0.2, 0) is 0 Å². The summed E-state index contributed by atoms with van der Waals surface area (Å²) in [6.07, 6.45) is 2.51. The molecule has 1 rings (SSSR count). The molecule has 0 aliphatic heterocycles. The number of unbranched alkanes of at least 4 members (excludes halogenated alkanes) is 1. The summed E-state index contributed by atoms with van der Waals surface area (Å²) >= 11 is 5.48. The molecule has 1 nitrogen and oxygen atoms in total.